The Labute approximate surface area is 126 Å². The molecule has 0 amide bonds. The normalized spacial score (nSPS) is 11.9. The first-order valence-electron chi connectivity index (χ1n) is 6.81. The molecule has 0 aliphatic heterocycles. The largest absolute Gasteiger partial charge is 0.435 e. The predicted molar refractivity (Wildman–Crippen MR) is 78.4 cm³/mol. The minimum atomic E-state index is -3.69. The maximum Gasteiger partial charge on any atom is 0.435 e. The van der Waals surface area contributed by atoms with Crippen molar-refractivity contribution in [3.63, 3.8) is 0 Å². The molecule has 9 heteroatoms. The van der Waals surface area contributed by atoms with Crippen molar-refractivity contribution in [2.24, 2.45) is 0 Å². The summed E-state index contributed by atoms with van der Waals surface area (Å²) >= 11 is 0. The monoisotopic (exact) mass is 317 g/mol. The highest BCUT2D eigenvalue weighted by atomic mass is 31.2. The van der Waals surface area contributed by atoms with Crippen LogP contribution < -0.4 is 10.9 Å². The first kappa shape index (κ1) is 20.0. The molecule has 0 saturated carbocycles. The summed E-state index contributed by atoms with van der Waals surface area (Å²) in [6.07, 6.45) is 0.200. The summed E-state index contributed by atoms with van der Waals surface area (Å²) in [7, 11) is -3.69. The molecule has 0 aromatic rings. The van der Waals surface area contributed by atoms with E-state index in [0.29, 0.717) is 0 Å². The molecule has 0 rings (SSSR count). The predicted octanol–water partition coefficient (Wildman–Crippen LogP) is 2.08. The average Bonchev–Trinajstić information content (AvgIpc) is 2.37. The molecule has 0 spiro atoms. The van der Waals surface area contributed by atoms with E-state index < -0.39 is 7.75 Å². The minimum absolute atomic E-state index is 0.0105. The van der Waals surface area contributed by atoms with E-state index in [1.54, 1.807) is 0 Å². The number of hydrogen-bond donors (Lipinski definition) is 2. The van der Waals surface area contributed by atoms with Gasteiger partial charge in [0.2, 0.25) is 0 Å². The topological polar surface area (TPSA) is 110 Å². The summed E-state index contributed by atoms with van der Waals surface area (Å²) in [5.41, 5.74) is 5.90. The lowest BCUT2D eigenvalue weighted by atomic mass is 10.4. The summed E-state index contributed by atoms with van der Waals surface area (Å²) in [6.45, 7) is 7.48. The van der Waals surface area contributed by atoms with Crippen molar-refractivity contribution in [2.45, 2.75) is 52.6 Å². The summed E-state index contributed by atoms with van der Waals surface area (Å²) in [6, 6.07) is 3.81. The second-order valence-corrected chi connectivity index (χ2v) is 6.68. The summed E-state index contributed by atoms with van der Waals surface area (Å²) in [5.74, 6) is 0. The van der Waals surface area contributed by atoms with Crippen molar-refractivity contribution in [2.75, 3.05) is 13.2 Å². The van der Waals surface area contributed by atoms with E-state index in [1.165, 1.54) is 4.89 Å². The third-order valence-electron chi connectivity index (χ3n) is 1.94. The standard InChI is InChI=1S/C12H24N5O3P/c1-11(2)15-17(16-12(3)4)21(18,19-9-5-7-13)20-10-6-8-14/h11-12,15-16H,5-6,9-10H2,1-4H3. The Balaban J connectivity index is 5.01. The van der Waals surface area contributed by atoms with Gasteiger partial charge in [-0.05, 0) is 27.7 Å². The van der Waals surface area contributed by atoms with Crippen molar-refractivity contribution >= 4 is 7.75 Å². The van der Waals surface area contributed by atoms with Crippen LogP contribution in [0.2, 0.25) is 0 Å². The molecule has 0 aliphatic rings. The van der Waals surface area contributed by atoms with Gasteiger partial charge in [0.1, 0.15) is 0 Å². The molecule has 0 aromatic carbocycles. The van der Waals surface area contributed by atoms with Crippen LogP contribution in [0.25, 0.3) is 0 Å². The van der Waals surface area contributed by atoms with Gasteiger partial charge in [0.05, 0.1) is 38.2 Å². The van der Waals surface area contributed by atoms with E-state index in [2.05, 4.69) is 10.9 Å². The lowest BCUT2D eigenvalue weighted by Crippen LogP contribution is -2.51. The number of nitrogens with zero attached hydrogens (tertiary/aromatic N) is 3. The van der Waals surface area contributed by atoms with Crippen molar-refractivity contribution in [1.82, 2.24) is 15.7 Å². The van der Waals surface area contributed by atoms with Gasteiger partial charge in [-0.2, -0.15) is 10.5 Å². The van der Waals surface area contributed by atoms with Crippen LogP contribution in [0.4, 0.5) is 0 Å². The molecule has 0 heterocycles. The van der Waals surface area contributed by atoms with Gasteiger partial charge in [-0.15, -0.1) is 0 Å². The number of nitrogens with one attached hydrogen (secondary N) is 2. The van der Waals surface area contributed by atoms with Crippen LogP contribution in [0.5, 0.6) is 0 Å². The SMILES string of the molecule is CC(C)NN(NC(C)C)P(=O)(OCCC#N)OCCC#N. The zero-order valence-electron chi connectivity index (χ0n) is 13.0. The maximum absolute atomic E-state index is 12.9. The van der Waals surface area contributed by atoms with Crippen LogP contribution in [0.15, 0.2) is 0 Å². The summed E-state index contributed by atoms with van der Waals surface area (Å²) < 4.78 is 23.4. The van der Waals surface area contributed by atoms with Gasteiger partial charge in [0.25, 0.3) is 0 Å². The van der Waals surface area contributed by atoms with Crippen LogP contribution in [0.1, 0.15) is 40.5 Å². The fourth-order valence-corrected chi connectivity index (χ4v) is 2.93. The summed E-state index contributed by atoms with van der Waals surface area (Å²) in [4.78, 5) is 1.22. The van der Waals surface area contributed by atoms with Crippen molar-refractivity contribution in [3.8, 4) is 12.1 Å². The third kappa shape index (κ3) is 8.79. The second kappa shape index (κ2) is 10.7. The van der Waals surface area contributed by atoms with Crippen LogP contribution in [-0.2, 0) is 13.6 Å². The average molecular weight is 317 g/mol. The van der Waals surface area contributed by atoms with Gasteiger partial charge in [-0.1, -0.05) is 4.89 Å². The zero-order valence-corrected chi connectivity index (χ0v) is 13.9. The van der Waals surface area contributed by atoms with Crippen LogP contribution in [-0.4, -0.2) is 30.2 Å². The Kier molecular flexibility index (Phi) is 10.2. The zero-order chi connectivity index (χ0) is 16.3. The number of rotatable bonds is 11. The van der Waals surface area contributed by atoms with Gasteiger partial charge in [0, 0.05) is 12.1 Å². The van der Waals surface area contributed by atoms with E-state index in [4.69, 9.17) is 19.6 Å². The molecule has 0 unspecified atom stereocenters. The fourth-order valence-electron chi connectivity index (χ4n) is 1.23. The minimum Gasteiger partial charge on any atom is -0.294 e. The molecule has 0 atom stereocenters. The third-order valence-corrected chi connectivity index (χ3v) is 3.68. The molecule has 8 nitrogen and oxygen atoms in total. The Morgan fingerprint density at radius 3 is 1.67 bits per heavy atom. The second-order valence-electron chi connectivity index (χ2n) is 4.83. The lowest BCUT2D eigenvalue weighted by molar-refractivity contribution is 0.0923. The highest BCUT2D eigenvalue weighted by molar-refractivity contribution is 7.51. The van der Waals surface area contributed by atoms with Gasteiger partial charge in [0.15, 0.2) is 0 Å². The number of nitriles is 2. The van der Waals surface area contributed by atoms with E-state index in [-0.39, 0.29) is 38.1 Å². The Hall–Kier alpha value is -0.990. The molecular weight excluding hydrogens is 293 g/mol. The molecule has 0 radical (unpaired) electrons. The molecule has 2 N–H and O–H groups in total. The molecule has 21 heavy (non-hydrogen) atoms. The molecule has 0 bridgehead atoms. The smallest absolute Gasteiger partial charge is 0.294 e. The molecule has 0 aliphatic carbocycles. The van der Waals surface area contributed by atoms with Gasteiger partial charge in [-0.3, -0.25) is 9.05 Å². The van der Waals surface area contributed by atoms with Crippen molar-refractivity contribution < 1.29 is 13.6 Å². The first-order valence-corrected chi connectivity index (χ1v) is 8.31. The fraction of sp³-hybridized carbons (Fsp3) is 0.833. The van der Waals surface area contributed by atoms with Crippen molar-refractivity contribution in [3.05, 3.63) is 0 Å². The van der Waals surface area contributed by atoms with E-state index in [0.717, 1.165) is 0 Å². The van der Waals surface area contributed by atoms with Gasteiger partial charge >= 0.3 is 7.75 Å². The molecule has 0 aromatic heterocycles. The van der Waals surface area contributed by atoms with E-state index in [9.17, 15) is 4.57 Å². The lowest BCUT2D eigenvalue weighted by Gasteiger charge is -2.33. The quantitative estimate of drug-likeness (QED) is 0.338. The Bertz CT molecular complexity index is 382. The highest BCUT2D eigenvalue weighted by Crippen LogP contribution is 2.50. The number of hydrazine groups is 2. The molecular formula is C12H24N5O3P. The van der Waals surface area contributed by atoms with Gasteiger partial charge in [-0.25, -0.2) is 15.4 Å². The van der Waals surface area contributed by atoms with Crippen LogP contribution in [0.3, 0.4) is 0 Å². The maximum atomic E-state index is 12.9. The van der Waals surface area contributed by atoms with Crippen molar-refractivity contribution in [1.29, 1.82) is 10.5 Å². The summed E-state index contributed by atoms with van der Waals surface area (Å²) in [5, 5.41) is 17.1. The van der Waals surface area contributed by atoms with E-state index in [1.807, 2.05) is 39.8 Å². The first-order chi connectivity index (χ1) is 9.85. The van der Waals surface area contributed by atoms with Crippen LogP contribution in [0, 0.1) is 22.7 Å². The Morgan fingerprint density at radius 1 is 1.00 bits per heavy atom. The molecule has 0 fully saturated rings. The van der Waals surface area contributed by atoms with Crippen LogP contribution >= 0.6 is 7.75 Å². The van der Waals surface area contributed by atoms with Gasteiger partial charge < -0.3 is 0 Å². The number of hydrogen-bond acceptors (Lipinski definition) is 7. The molecule has 120 valence electrons. The highest BCUT2D eigenvalue weighted by Gasteiger charge is 2.35. The molecule has 0 saturated heterocycles. The Morgan fingerprint density at radius 2 is 1.38 bits per heavy atom. The van der Waals surface area contributed by atoms with E-state index >= 15 is 0 Å².